The molecule has 0 aromatic rings. The molecular weight excluding hydrogens is 209 g/mol. The Morgan fingerprint density at radius 3 is 1.14 bits per heavy atom. The molecule has 0 spiro atoms. The molecule has 0 N–H and O–H groups in total. The van der Waals surface area contributed by atoms with Gasteiger partial charge in [0.05, 0.1) is 0 Å². The van der Waals surface area contributed by atoms with Crippen LogP contribution < -0.4 is 9.59 Å². The van der Waals surface area contributed by atoms with Gasteiger partial charge < -0.3 is 19.5 Å². The zero-order chi connectivity index (χ0) is 3.58. The molecule has 0 bridgehead atoms. The molecule has 0 aliphatic carbocycles. The Labute approximate surface area is 62.0 Å². The Morgan fingerprint density at radius 1 is 1.14 bits per heavy atom. The standard InChI is InChI=1S/2Ni.O3Si.O/c;;1-4(2)3;/q2*+2;2*-2. The predicted octanol–water partition coefficient (Wildman–Crippen LogP) is -3.00. The van der Waals surface area contributed by atoms with Gasteiger partial charge >= 0.3 is 33.0 Å². The van der Waals surface area contributed by atoms with Crippen molar-refractivity contribution in [1.82, 2.24) is 0 Å². The number of rotatable bonds is 0. The topological polar surface area (TPSA) is 91.7 Å². The van der Waals surface area contributed by atoms with Crippen molar-refractivity contribution in [2.75, 3.05) is 0 Å². The minimum absolute atomic E-state index is 0. The van der Waals surface area contributed by atoms with E-state index in [0.717, 1.165) is 0 Å². The van der Waals surface area contributed by atoms with Crippen LogP contribution in [0.1, 0.15) is 0 Å². The molecule has 0 fully saturated rings. The second-order valence-corrected chi connectivity index (χ2v) is 0.750. The first-order chi connectivity index (χ1) is 1.73. The minimum atomic E-state index is -3.63. The summed E-state index contributed by atoms with van der Waals surface area (Å²) in [5, 5.41) is 0. The Morgan fingerprint density at radius 2 is 1.14 bits per heavy atom. The van der Waals surface area contributed by atoms with E-state index in [4.69, 9.17) is 14.1 Å². The average Bonchev–Trinajstić information content (AvgIpc) is 0.811. The summed E-state index contributed by atoms with van der Waals surface area (Å²) in [6.45, 7) is 0. The van der Waals surface area contributed by atoms with Gasteiger partial charge in [-0.3, -0.25) is 0 Å². The van der Waals surface area contributed by atoms with E-state index < -0.39 is 9.17 Å². The van der Waals surface area contributed by atoms with Crippen molar-refractivity contribution in [3.05, 3.63) is 0 Å². The van der Waals surface area contributed by atoms with E-state index in [0.29, 0.717) is 0 Å². The van der Waals surface area contributed by atoms with Gasteiger partial charge in [0.2, 0.25) is 0 Å². The molecular formula is Ni2O4Si. The van der Waals surface area contributed by atoms with E-state index in [1.54, 1.807) is 0 Å². The van der Waals surface area contributed by atoms with Gasteiger partial charge in [-0.25, -0.2) is 0 Å². The first-order valence-corrected chi connectivity index (χ1v) is 1.84. The van der Waals surface area contributed by atoms with Crippen molar-refractivity contribution in [2.24, 2.45) is 0 Å². The van der Waals surface area contributed by atoms with Gasteiger partial charge in [0, 0.05) is 9.17 Å². The van der Waals surface area contributed by atoms with Crippen molar-refractivity contribution >= 4 is 9.17 Å². The Balaban J connectivity index is -0.0000000150. The Kier molecular flexibility index (Phi) is 58.6. The molecule has 7 heteroatoms. The molecule has 4 nitrogen and oxygen atoms in total. The monoisotopic (exact) mass is 208 g/mol. The largest absolute Gasteiger partial charge is 2.00 e. The van der Waals surface area contributed by atoms with Crippen LogP contribution in [0.4, 0.5) is 0 Å². The van der Waals surface area contributed by atoms with Gasteiger partial charge in [0.25, 0.3) is 0 Å². The molecule has 0 aromatic heterocycles. The second kappa shape index (κ2) is 16.0. The molecule has 0 radical (unpaired) electrons. The maximum atomic E-state index is 8.52. The molecule has 7 heavy (non-hydrogen) atoms. The molecule has 48 valence electrons. The summed E-state index contributed by atoms with van der Waals surface area (Å²) in [5.41, 5.74) is 0. The summed E-state index contributed by atoms with van der Waals surface area (Å²) in [5.74, 6) is 0. The molecule has 0 atom stereocenters. The van der Waals surface area contributed by atoms with Crippen LogP contribution in [-0.2, 0) is 42.9 Å². The average molecular weight is 209 g/mol. The van der Waals surface area contributed by atoms with Crippen LogP contribution in [0.25, 0.3) is 0 Å². The van der Waals surface area contributed by atoms with Crippen molar-refractivity contribution < 1.29 is 52.5 Å². The third-order valence-electron chi connectivity index (χ3n) is 0. The number of hydrogen-bond acceptors (Lipinski definition) is 3. The van der Waals surface area contributed by atoms with Crippen LogP contribution in [0.5, 0.6) is 0 Å². The minimum Gasteiger partial charge on any atom is -2.00 e. The summed E-state index contributed by atoms with van der Waals surface area (Å²) >= 11 is 0. The van der Waals surface area contributed by atoms with Crippen LogP contribution in [-0.4, -0.2) is 9.17 Å². The van der Waals surface area contributed by atoms with E-state index >= 15 is 0 Å². The Bertz CT molecular complexity index is 32.7. The fourth-order valence-electron chi connectivity index (χ4n) is 0. The van der Waals surface area contributed by atoms with E-state index in [1.165, 1.54) is 0 Å². The van der Waals surface area contributed by atoms with Crippen molar-refractivity contribution in [2.45, 2.75) is 0 Å². The van der Waals surface area contributed by atoms with Crippen LogP contribution >= 0.6 is 0 Å². The molecule has 0 saturated heterocycles. The van der Waals surface area contributed by atoms with E-state index in [9.17, 15) is 0 Å². The molecule has 0 heterocycles. The summed E-state index contributed by atoms with van der Waals surface area (Å²) in [6.07, 6.45) is 0. The molecule has 0 rings (SSSR count). The van der Waals surface area contributed by atoms with Crippen LogP contribution in [0.15, 0.2) is 0 Å². The Hall–Kier alpha value is 0.564. The summed E-state index contributed by atoms with van der Waals surface area (Å²) < 4.78 is 8.52. The summed E-state index contributed by atoms with van der Waals surface area (Å²) in [4.78, 5) is 17.0. The SMILES string of the molecule is O=[Si]([O-])[O-].[Ni+2].[Ni+2].[O-2]. The molecule has 0 aliphatic heterocycles. The molecule has 0 aromatic carbocycles. The zero-order valence-electron chi connectivity index (χ0n) is 2.77. The van der Waals surface area contributed by atoms with Crippen LogP contribution in [0, 0.1) is 0 Å². The van der Waals surface area contributed by atoms with Gasteiger partial charge in [-0.1, -0.05) is 0 Å². The first kappa shape index (κ1) is 25.7. The second-order valence-electron chi connectivity index (χ2n) is 0.250. The maximum Gasteiger partial charge on any atom is 2.00 e. The predicted molar refractivity (Wildman–Crippen MR) is 7.13 cm³/mol. The summed E-state index contributed by atoms with van der Waals surface area (Å²) in [7, 11) is -3.63. The van der Waals surface area contributed by atoms with Gasteiger partial charge in [-0.05, 0) is 0 Å². The van der Waals surface area contributed by atoms with E-state index in [2.05, 4.69) is 0 Å². The third kappa shape index (κ3) is 430. The van der Waals surface area contributed by atoms with Crippen LogP contribution in [0.2, 0.25) is 0 Å². The van der Waals surface area contributed by atoms with Gasteiger partial charge in [0.1, 0.15) is 0 Å². The molecule has 0 saturated carbocycles. The third-order valence-corrected chi connectivity index (χ3v) is 0. The molecule has 0 aliphatic rings. The quantitative estimate of drug-likeness (QED) is 0.398. The van der Waals surface area contributed by atoms with Gasteiger partial charge in [0.15, 0.2) is 0 Å². The normalized spacial score (nSPS) is 3.43. The van der Waals surface area contributed by atoms with Crippen molar-refractivity contribution in [3.63, 3.8) is 0 Å². The van der Waals surface area contributed by atoms with Crippen LogP contribution in [0.3, 0.4) is 0 Å². The molecule has 0 amide bonds. The van der Waals surface area contributed by atoms with E-state index in [-0.39, 0.29) is 38.5 Å². The fraction of sp³-hybridized carbons (Fsp3) is 0. The van der Waals surface area contributed by atoms with Crippen molar-refractivity contribution in [1.29, 1.82) is 0 Å². The fourth-order valence-corrected chi connectivity index (χ4v) is 0. The van der Waals surface area contributed by atoms with Crippen molar-refractivity contribution in [3.8, 4) is 0 Å². The first-order valence-electron chi connectivity index (χ1n) is 0.612. The number of hydrogen-bond donors (Lipinski definition) is 0. The summed E-state index contributed by atoms with van der Waals surface area (Å²) in [6, 6.07) is 0. The smallest absolute Gasteiger partial charge is 2.00 e. The maximum absolute atomic E-state index is 8.52. The van der Waals surface area contributed by atoms with Gasteiger partial charge in [-0.15, -0.1) is 0 Å². The van der Waals surface area contributed by atoms with E-state index in [1.807, 2.05) is 0 Å². The van der Waals surface area contributed by atoms with Gasteiger partial charge in [-0.2, -0.15) is 0 Å². The zero-order valence-corrected chi connectivity index (χ0v) is 5.74. The molecule has 0 unspecified atom stereocenters.